The molecule has 0 spiro atoms. The minimum atomic E-state index is -0.655. The van der Waals surface area contributed by atoms with Crippen molar-refractivity contribution in [1.82, 2.24) is 14.9 Å². The number of alkyl carbamates (subject to hydrolysis) is 1. The van der Waals surface area contributed by atoms with Gasteiger partial charge in [0.2, 0.25) is 0 Å². The number of nitrogens with one attached hydrogen (secondary N) is 1. The van der Waals surface area contributed by atoms with Crippen LogP contribution in [0.1, 0.15) is 45.1 Å². The number of benzene rings is 2. The van der Waals surface area contributed by atoms with Crippen LogP contribution >= 0.6 is 23.2 Å². The monoisotopic (exact) mass is 447 g/mol. The molecule has 0 radical (unpaired) electrons. The van der Waals surface area contributed by atoms with Crippen molar-refractivity contribution >= 4 is 40.2 Å². The van der Waals surface area contributed by atoms with Crippen molar-refractivity contribution in [3.8, 4) is 5.69 Å². The van der Waals surface area contributed by atoms with Crippen LogP contribution in [0, 0.1) is 6.92 Å². The van der Waals surface area contributed by atoms with Crippen molar-refractivity contribution in [2.75, 3.05) is 0 Å². The smallest absolute Gasteiger partial charge is 0.408 e. The van der Waals surface area contributed by atoms with Crippen molar-refractivity contribution < 1.29 is 9.53 Å². The fraction of sp³-hybridized carbons (Fsp3) is 0.318. The Balaban J connectivity index is 2.23. The molecule has 1 unspecified atom stereocenters. The number of ether oxygens (including phenoxy) is 1. The van der Waals surface area contributed by atoms with Gasteiger partial charge in [0.05, 0.1) is 27.7 Å². The SMILES string of the molecule is Cc1ccc(Cl)c2c(=O)n(-c3cccc(Cl)c3)c(C(C)NC(=O)OC(C)(C)C)nc12. The molecule has 158 valence electrons. The number of carbonyl (C=O) groups is 1. The van der Waals surface area contributed by atoms with Crippen LogP contribution in [0.3, 0.4) is 0 Å². The fourth-order valence-electron chi connectivity index (χ4n) is 3.10. The van der Waals surface area contributed by atoms with Gasteiger partial charge in [0.25, 0.3) is 5.56 Å². The lowest BCUT2D eigenvalue weighted by atomic mass is 10.1. The number of fused-ring (bicyclic) bond motifs is 1. The molecule has 0 aliphatic rings. The zero-order valence-corrected chi connectivity index (χ0v) is 18.9. The third-order valence-corrected chi connectivity index (χ3v) is 4.94. The largest absolute Gasteiger partial charge is 0.444 e. The lowest BCUT2D eigenvalue weighted by Crippen LogP contribution is -2.37. The van der Waals surface area contributed by atoms with E-state index in [2.05, 4.69) is 5.32 Å². The first-order chi connectivity index (χ1) is 14.0. The van der Waals surface area contributed by atoms with E-state index in [1.807, 2.05) is 6.92 Å². The summed E-state index contributed by atoms with van der Waals surface area (Å²) in [6.45, 7) is 8.92. The molecule has 1 aromatic heterocycles. The summed E-state index contributed by atoms with van der Waals surface area (Å²) in [5, 5.41) is 3.84. The number of aromatic nitrogens is 2. The van der Waals surface area contributed by atoms with Gasteiger partial charge in [-0.1, -0.05) is 35.3 Å². The summed E-state index contributed by atoms with van der Waals surface area (Å²) < 4.78 is 6.77. The predicted molar refractivity (Wildman–Crippen MR) is 120 cm³/mol. The summed E-state index contributed by atoms with van der Waals surface area (Å²) in [6.07, 6.45) is -0.607. The molecule has 0 aliphatic heterocycles. The summed E-state index contributed by atoms with van der Waals surface area (Å²) in [4.78, 5) is 30.5. The van der Waals surface area contributed by atoms with Crippen molar-refractivity contribution in [2.24, 2.45) is 0 Å². The van der Waals surface area contributed by atoms with Crippen molar-refractivity contribution in [1.29, 1.82) is 0 Å². The number of hydrogen-bond donors (Lipinski definition) is 1. The van der Waals surface area contributed by atoms with Gasteiger partial charge in [-0.25, -0.2) is 9.78 Å². The van der Waals surface area contributed by atoms with E-state index in [4.69, 9.17) is 32.9 Å². The molecule has 3 rings (SSSR count). The lowest BCUT2D eigenvalue weighted by molar-refractivity contribution is 0.0505. The Morgan fingerprint density at radius 3 is 2.53 bits per heavy atom. The summed E-state index contributed by atoms with van der Waals surface area (Å²) >= 11 is 12.5. The van der Waals surface area contributed by atoms with Crippen LogP contribution in [0.15, 0.2) is 41.2 Å². The van der Waals surface area contributed by atoms with Gasteiger partial charge in [0.1, 0.15) is 11.4 Å². The van der Waals surface area contributed by atoms with E-state index in [1.54, 1.807) is 64.1 Å². The van der Waals surface area contributed by atoms with Crippen LogP contribution in [-0.4, -0.2) is 21.2 Å². The second kappa shape index (κ2) is 8.28. The molecular weight excluding hydrogens is 425 g/mol. The average molecular weight is 448 g/mol. The second-order valence-corrected chi connectivity index (χ2v) is 8.89. The third kappa shape index (κ3) is 4.60. The normalized spacial score (nSPS) is 12.6. The Bertz CT molecular complexity index is 1180. The van der Waals surface area contributed by atoms with Crippen LogP contribution in [0.2, 0.25) is 10.0 Å². The highest BCUT2D eigenvalue weighted by Gasteiger charge is 2.24. The van der Waals surface area contributed by atoms with E-state index in [0.717, 1.165) is 5.56 Å². The molecule has 6 nitrogen and oxygen atoms in total. The molecule has 8 heteroatoms. The van der Waals surface area contributed by atoms with Gasteiger partial charge in [0.15, 0.2) is 0 Å². The minimum absolute atomic E-state index is 0.309. The maximum atomic E-state index is 13.5. The Morgan fingerprint density at radius 2 is 1.90 bits per heavy atom. The zero-order chi connectivity index (χ0) is 22.2. The predicted octanol–water partition coefficient (Wildman–Crippen LogP) is 5.59. The molecule has 0 saturated carbocycles. The Hall–Kier alpha value is -2.57. The molecule has 0 aliphatic carbocycles. The van der Waals surface area contributed by atoms with Crippen molar-refractivity contribution in [3.05, 3.63) is 68.2 Å². The van der Waals surface area contributed by atoms with Gasteiger partial charge in [-0.3, -0.25) is 9.36 Å². The maximum Gasteiger partial charge on any atom is 0.408 e. The second-order valence-electron chi connectivity index (χ2n) is 8.05. The number of nitrogens with zero attached hydrogens (tertiary/aromatic N) is 2. The van der Waals surface area contributed by atoms with Crippen LogP contribution < -0.4 is 10.9 Å². The molecule has 1 amide bonds. The van der Waals surface area contributed by atoms with Crippen LogP contribution in [0.4, 0.5) is 4.79 Å². The highest BCUT2D eigenvalue weighted by atomic mass is 35.5. The van der Waals surface area contributed by atoms with E-state index >= 15 is 0 Å². The fourth-order valence-corrected chi connectivity index (χ4v) is 3.52. The van der Waals surface area contributed by atoms with Gasteiger partial charge in [-0.05, 0) is 64.4 Å². The number of carbonyl (C=O) groups excluding carboxylic acids is 1. The van der Waals surface area contributed by atoms with E-state index in [0.29, 0.717) is 32.5 Å². The number of rotatable bonds is 3. The minimum Gasteiger partial charge on any atom is -0.444 e. The molecule has 30 heavy (non-hydrogen) atoms. The van der Waals surface area contributed by atoms with Gasteiger partial charge in [-0.2, -0.15) is 0 Å². The van der Waals surface area contributed by atoms with E-state index < -0.39 is 17.7 Å². The molecular formula is C22H23Cl2N3O3. The van der Waals surface area contributed by atoms with E-state index in [9.17, 15) is 9.59 Å². The standard InChI is InChI=1S/C22H23Cl2N3O3/c1-12-9-10-16(24)17-18(12)26-19(13(2)25-21(29)30-22(3,4)5)27(20(17)28)15-8-6-7-14(23)11-15/h6-11,13H,1-5H3,(H,25,29). The number of halogens is 2. The van der Waals surface area contributed by atoms with Crippen LogP contribution in [-0.2, 0) is 4.74 Å². The first kappa shape index (κ1) is 22.1. The van der Waals surface area contributed by atoms with E-state index in [-0.39, 0.29) is 5.56 Å². The molecule has 0 saturated heterocycles. The number of aryl methyl sites for hydroxylation is 1. The van der Waals surface area contributed by atoms with Gasteiger partial charge in [0, 0.05) is 5.02 Å². The van der Waals surface area contributed by atoms with Crippen molar-refractivity contribution in [2.45, 2.75) is 46.3 Å². The Labute approximate surface area is 184 Å². The molecule has 0 bridgehead atoms. The van der Waals surface area contributed by atoms with E-state index in [1.165, 1.54) is 4.57 Å². The highest BCUT2D eigenvalue weighted by molar-refractivity contribution is 6.35. The first-order valence-corrected chi connectivity index (χ1v) is 10.2. The van der Waals surface area contributed by atoms with Gasteiger partial charge >= 0.3 is 6.09 Å². The third-order valence-electron chi connectivity index (χ3n) is 4.39. The average Bonchev–Trinajstić information content (AvgIpc) is 2.62. The van der Waals surface area contributed by atoms with Crippen LogP contribution in [0.5, 0.6) is 0 Å². The molecule has 0 fully saturated rings. The summed E-state index contributed by atoms with van der Waals surface area (Å²) in [6, 6.07) is 9.70. The van der Waals surface area contributed by atoms with Gasteiger partial charge < -0.3 is 10.1 Å². The molecule has 1 N–H and O–H groups in total. The van der Waals surface area contributed by atoms with Crippen molar-refractivity contribution in [3.63, 3.8) is 0 Å². The zero-order valence-electron chi connectivity index (χ0n) is 17.4. The lowest BCUT2D eigenvalue weighted by Gasteiger charge is -2.23. The molecule has 3 aromatic rings. The Morgan fingerprint density at radius 1 is 1.20 bits per heavy atom. The topological polar surface area (TPSA) is 73.2 Å². The number of hydrogen-bond acceptors (Lipinski definition) is 4. The maximum absolute atomic E-state index is 13.5. The van der Waals surface area contributed by atoms with Crippen LogP contribution in [0.25, 0.3) is 16.6 Å². The quantitative estimate of drug-likeness (QED) is 0.567. The molecule has 1 atom stereocenters. The first-order valence-electron chi connectivity index (χ1n) is 9.45. The Kier molecular flexibility index (Phi) is 6.11. The highest BCUT2D eigenvalue weighted by Crippen LogP contribution is 2.26. The number of amides is 1. The van der Waals surface area contributed by atoms with Gasteiger partial charge in [-0.15, -0.1) is 0 Å². The molecule has 1 heterocycles. The molecule has 2 aromatic carbocycles. The summed E-state index contributed by atoms with van der Waals surface area (Å²) in [5.41, 5.74) is 0.808. The summed E-state index contributed by atoms with van der Waals surface area (Å²) in [7, 11) is 0. The summed E-state index contributed by atoms with van der Waals surface area (Å²) in [5.74, 6) is 0.339.